The van der Waals surface area contributed by atoms with Crippen LogP contribution in [0, 0.1) is 10.1 Å². The van der Waals surface area contributed by atoms with Gasteiger partial charge < -0.3 is 19.5 Å². The molecule has 0 atom stereocenters. The Kier molecular flexibility index (Phi) is 3.55. The zero-order valence-electron chi connectivity index (χ0n) is 11.5. The maximum atomic E-state index is 10.6. The van der Waals surface area contributed by atoms with Crippen molar-refractivity contribution in [1.29, 1.82) is 0 Å². The summed E-state index contributed by atoms with van der Waals surface area (Å²) < 4.78 is 10.6. The lowest BCUT2D eigenvalue weighted by molar-refractivity contribution is -0.384. The third-order valence-corrected chi connectivity index (χ3v) is 3.03. The molecule has 1 heterocycles. The fourth-order valence-corrected chi connectivity index (χ4v) is 2.02. The van der Waals surface area contributed by atoms with Crippen LogP contribution in [0.3, 0.4) is 0 Å². The van der Waals surface area contributed by atoms with Gasteiger partial charge in [-0.2, -0.15) is 0 Å². The standard InChI is InChI=1S/C15H10N2O6/c18-10-7-12(19)15(13-5-6-16-23-13)14(8-10)22-11-3-1-9(2-4-11)17(20)21/h1-8,18-19H. The number of phenolic OH excluding ortho intramolecular Hbond substituents is 2. The number of non-ortho nitro benzene ring substituents is 1. The minimum Gasteiger partial charge on any atom is -0.508 e. The number of ether oxygens (including phenoxy) is 1. The summed E-state index contributed by atoms with van der Waals surface area (Å²) in [6.45, 7) is 0. The van der Waals surface area contributed by atoms with E-state index in [0.717, 1.165) is 6.07 Å². The number of hydrogen-bond acceptors (Lipinski definition) is 7. The Labute approximate surface area is 129 Å². The Balaban J connectivity index is 2.00. The summed E-state index contributed by atoms with van der Waals surface area (Å²) >= 11 is 0. The Morgan fingerprint density at radius 2 is 1.87 bits per heavy atom. The van der Waals surface area contributed by atoms with E-state index in [1.807, 2.05) is 0 Å². The zero-order chi connectivity index (χ0) is 16.4. The second-order valence-corrected chi connectivity index (χ2v) is 4.57. The maximum absolute atomic E-state index is 10.6. The first kappa shape index (κ1) is 14.4. The largest absolute Gasteiger partial charge is 0.508 e. The average molecular weight is 314 g/mol. The van der Waals surface area contributed by atoms with Crippen LogP contribution < -0.4 is 4.74 Å². The smallest absolute Gasteiger partial charge is 0.269 e. The number of nitro groups is 1. The molecule has 2 aromatic carbocycles. The lowest BCUT2D eigenvalue weighted by Crippen LogP contribution is -1.90. The van der Waals surface area contributed by atoms with Crippen molar-refractivity contribution in [2.24, 2.45) is 0 Å². The van der Waals surface area contributed by atoms with E-state index >= 15 is 0 Å². The number of phenols is 2. The molecule has 116 valence electrons. The van der Waals surface area contributed by atoms with Gasteiger partial charge in [-0.25, -0.2) is 0 Å². The van der Waals surface area contributed by atoms with Gasteiger partial charge in [0.25, 0.3) is 5.69 Å². The number of rotatable bonds is 4. The fraction of sp³-hybridized carbons (Fsp3) is 0. The Morgan fingerprint density at radius 3 is 2.48 bits per heavy atom. The molecule has 0 spiro atoms. The highest BCUT2D eigenvalue weighted by Gasteiger charge is 2.18. The molecule has 0 aliphatic heterocycles. The maximum Gasteiger partial charge on any atom is 0.269 e. The van der Waals surface area contributed by atoms with Crippen LogP contribution in [0.2, 0.25) is 0 Å². The van der Waals surface area contributed by atoms with Gasteiger partial charge in [-0.15, -0.1) is 0 Å². The molecule has 23 heavy (non-hydrogen) atoms. The first-order valence-corrected chi connectivity index (χ1v) is 6.44. The molecule has 0 aliphatic rings. The number of hydrogen-bond donors (Lipinski definition) is 2. The molecule has 8 heteroatoms. The molecular formula is C15H10N2O6. The molecule has 3 aromatic rings. The van der Waals surface area contributed by atoms with Gasteiger partial charge in [0.15, 0.2) is 5.76 Å². The summed E-state index contributed by atoms with van der Waals surface area (Å²) in [7, 11) is 0. The number of nitrogens with zero attached hydrogens (tertiary/aromatic N) is 2. The van der Waals surface area contributed by atoms with Gasteiger partial charge in [-0.3, -0.25) is 10.1 Å². The van der Waals surface area contributed by atoms with Crippen molar-refractivity contribution in [2.45, 2.75) is 0 Å². The zero-order valence-corrected chi connectivity index (χ0v) is 11.5. The quantitative estimate of drug-likeness (QED) is 0.559. The van der Waals surface area contributed by atoms with Crippen molar-refractivity contribution in [3.63, 3.8) is 0 Å². The third-order valence-electron chi connectivity index (χ3n) is 3.03. The highest BCUT2D eigenvalue weighted by Crippen LogP contribution is 2.42. The molecule has 2 N–H and O–H groups in total. The molecule has 0 fully saturated rings. The van der Waals surface area contributed by atoms with E-state index in [2.05, 4.69) is 5.16 Å². The summed E-state index contributed by atoms with van der Waals surface area (Å²) in [5, 5.41) is 33.9. The number of nitro benzene ring substituents is 1. The van der Waals surface area contributed by atoms with Crippen molar-refractivity contribution in [2.75, 3.05) is 0 Å². The average Bonchev–Trinajstić information content (AvgIpc) is 3.01. The molecule has 0 amide bonds. The first-order chi connectivity index (χ1) is 11.0. The van der Waals surface area contributed by atoms with E-state index in [4.69, 9.17) is 9.26 Å². The van der Waals surface area contributed by atoms with Crippen molar-refractivity contribution in [1.82, 2.24) is 5.16 Å². The Morgan fingerprint density at radius 1 is 1.13 bits per heavy atom. The van der Waals surface area contributed by atoms with Crippen LogP contribution in [-0.2, 0) is 0 Å². The van der Waals surface area contributed by atoms with E-state index in [9.17, 15) is 20.3 Å². The monoisotopic (exact) mass is 314 g/mol. The lowest BCUT2D eigenvalue weighted by Gasteiger charge is -2.11. The lowest BCUT2D eigenvalue weighted by atomic mass is 10.1. The second kappa shape index (κ2) is 5.68. The van der Waals surface area contributed by atoms with Crippen LogP contribution in [0.1, 0.15) is 0 Å². The molecule has 0 radical (unpaired) electrons. The van der Waals surface area contributed by atoms with Crippen molar-refractivity contribution in [3.05, 3.63) is 58.8 Å². The molecule has 3 rings (SSSR count). The fourth-order valence-electron chi connectivity index (χ4n) is 2.02. The SMILES string of the molecule is O=[N+]([O-])c1ccc(Oc2cc(O)cc(O)c2-c2ccno2)cc1. The summed E-state index contributed by atoms with van der Waals surface area (Å²) in [5.74, 6) is 0.204. The van der Waals surface area contributed by atoms with Crippen LogP contribution in [-0.4, -0.2) is 20.3 Å². The highest BCUT2D eigenvalue weighted by atomic mass is 16.6. The van der Waals surface area contributed by atoms with Gasteiger partial charge in [0, 0.05) is 30.3 Å². The first-order valence-electron chi connectivity index (χ1n) is 6.44. The topological polar surface area (TPSA) is 119 Å². The normalized spacial score (nSPS) is 10.4. The van der Waals surface area contributed by atoms with E-state index < -0.39 is 4.92 Å². The van der Waals surface area contributed by atoms with E-state index in [0.29, 0.717) is 5.75 Å². The van der Waals surface area contributed by atoms with Crippen LogP contribution in [0.25, 0.3) is 11.3 Å². The molecule has 0 saturated carbocycles. The number of aromatic hydroxyl groups is 2. The predicted octanol–water partition coefficient (Wildman–Crippen LogP) is 3.45. The third kappa shape index (κ3) is 2.91. The summed E-state index contributed by atoms with van der Waals surface area (Å²) in [5.41, 5.74) is 0.130. The van der Waals surface area contributed by atoms with Crippen molar-refractivity contribution >= 4 is 5.69 Å². The minimum atomic E-state index is -0.524. The van der Waals surface area contributed by atoms with Gasteiger partial charge in [0.05, 0.1) is 11.1 Å². The van der Waals surface area contributed by atoms with Crippen LogP contribution in [0.15, 0.2) is 53.2 Å². The Hall–Kier alpha value is -3.55. The summed E-state index contributed by atoms with van der Waals surface area (Å²) in [6, 6.07) is 9.33. The number of benzene rings is 2. The predicted molar refractivity (Wildman–Crippen MR) is 78.4 cm³/mol. The van der Waals surface area contributed by atoms with Crippen molar-refractivity contribution in [3.8, 4) is 34.3 Å². The van der Waals surface area contributed by atoms with Crippen molar-refractivity contribution < 1.29 is 24.4 Å². The molecule has 0 unspecified atom stereocenters. The van der Waals surface area contributed by atoms with Crippen LogP contribution >= 0.6 is 0 Å². The molecule has 0 aliphatic carbocycles. The van der Waals surface area contributed by atoms with Crippen LogP contribution in [0.4, 0.5) is 5.69 Å². The molecule has 1 aromatic heterocycles. The van der Waals surface area contributed by atoms with E-state index in [-0.39, 0.29) is 34.3 Å². The highest BCUT2D eigenvalue weighted by molar-refractivity contribution is 5.74. The molecule has 0 saturated heterocycles. The minimum absolute atomic E-state index is 0.0773. The van der Waals surface area contributed by atoms with Gasteiger partial charge in [0.1, 0.15) is 28.6 Å². The second-order valence-electron chi connectivity index (χ2n) is 4.57. The molecule has 0 bridgehead atoms. The van der Waals surface area contributed by atoms with Gasteiger partial charge in [-0.05, 0) is 12.1 Å². The van der Waals surface area contributed by atoms with Gasteiger partial charge in [-0.1, -0.05) is 5.16 Å². The molecule has 8 nitrogen and oxygen atoms in total. The number of aromatic nitrogens is 1. The van der Waals surface area contributed by atoms with Crippen LogP contribution in [0.5, 0.6) is 23.0 Å². The Bertz CT molecular complexity index is 843. The van der Waals surface area contributed by atoms with Gasteiger partial charge in [0.2, 0.25) is 0 Å². The summed E-state index contributed by atoms with van der Waals surface area (Å²) in [6.07, 6.45) is 1.40. The molecular weight excluding hydrogens is 304 g/mol. The summed E-state index contributed by atoms with van der Waals surface area (Å²) in [4.78, 5) is 10.1. The van der Waals surface area contributed by atoms with E-state index in [1.54, 1.807) is 0 Å². The van der Waals surface area contributed by atoms with E-state index in [1.165, 1.54) is 42.6 Å². The van der Waals surface area contributed by atoms with Gasteiger partial charge >= 0.3 is 0 Å².